The van der Waals surface area contributed by atoms with Crippen LogP contribution in [0.5, 0.6) is 0 Å². The van der Waals surface area contributed by atoms with Crippen LogP contribution in [0.25, 0.3) is 0 Å². The van der Waals surface area contributed by atoms with Gasteiger partial charge in [-0.15, -0.1) is 11.3 Å². The van der Waals surface area contributed by atoms with Crippen LogP contribution in [-0.4, -0.2) is 42.7 Å². The van der Waals surface area contributed by atoms with Crippen LogP contribution in [0.15, 0.2) is 40.6 Å². The number of nitrogens with two attached hydrogens (primary N) is 1. The standard InChI is InChI=1S/C17H20N4O5S2/c18-13-7-9-20(10-8-13)28(25,26)16-6-5-15(27-16)11-19-17(22)12-1-3-14(4-2-12)21(23)24/h1-6,13H,7-11,18H2,(H,19,22). The number of benzene rings is 1. The molecule has 1 aliphatic rings. The molecular formula is C17H20N4O5S2. The molecule has 1 aliphatic heterocycles. The summed E-state index contributed by atoms with van der Waals surface area (Å²) in [6.07, 6.45) is 1.28. The number of carbonyl (C=O) groups excluding carboxylic acids is 1. The fraction of sp³-hybridized carbons (Fsp3) is 0.353. The van der Waals surface area contributed by atoms with Crippen molar-refractivity contribution in [3.05, 3.63) is 57.0 Å². The summed E-state index contributed by atoms with van der Waals surface area (Å²) in [4.78, 5) is 23.0. The lowest BCUT2D eigenvalue weighted by molar-refractivity contribution is -0.384. The number of rotatable bonds is 6. The van der Waals surface area contributed by atoms with Crippen molar-refractivity contribution in [1.29, 1.82) is 0 Å². The van der Waals surface area contributed by atoms with Gasteiger partial charge >= 0.3 is 0 Å². The van der Waals surface area contributed by atoms with Crippen molar-refractivity contribution >= 4 is 33.0 Å². The highest BCUT2D eigenvalue weighted by Gasteiger charge is 2.29. The summed E-state index contributed by atoms with van der Waals surface area (Å²) in [5.41, 5.74) is 6.03. The van der Waals surface area contributed by atoms with E-state index in [1.54, 1.807) is 12.1 Å². The third-order valence-corrected chi connectivity index (χ3v) is 7.94. The minimum atomic E-state index is -3.55. The van der Waals surface area contributed by atoms with Crippen molar-refractivity contribution < 1.29 is 18.1 Å². The van der Waals surface area contributed by atoms with Gasteiger partial charge in [-0.05, 0) is 37.1 Å². The number of amides is 1. The molecule has 0 bridgehead atoms. The molecule has 0 aliphatic carbocycles. The number of nitro groups is 1. The van der Waals surface area contributed by atoms with Crippen LogP contribution in [0.1, 0.15) is 28.1 Å². The number of nitrogens with zero attached hydrogens (tertiary/aromatic N) is 2. The molecule has 2 aromatic rings. The predicted octanol–water partition coefficient (Wildman–Crippen LogP) is 1.70. The van der Waals surface area contributed by atoms with Gasteiger partial charge in [0.1, 0.15) is 4.21 Å². The van der Waals surface area contributed by atoms with Crippen molar-refractivity contribution in [2.75, 3.05) is 13.1 Å². The van der Waals surface area contributed by atoms with Crippen LogP contribution in [0, 0.1) is 10.1 Å². The van der Waals surface area contributed by atoms with E-state index in [9.17, 15) is 23.3 Å². The van der Waals surface area contributed by atoms with E-state index in [2.05, 4.69) is 5.32 Å². The lowest BCUT2D eigenvalue weighted by Gasteiger charge is -2.28. The highest BCUT2D eigenvalue weighted by Crippen LogP contribution is 2.27. The van der Waals surface area contributed by atoms with Gasteiger partial charge in [-0.25, -0.2) is 8.42 Å². The smallest absolute Gasteiger partial charge is 0.269 e. The van der Waals surface area contributed by atoms with Crippen LogP contribution in [-0.2, 0) is 16.6 Å². The third-order valence-electron chi connectivity index (χ3n) is 4.49. The zero-order valence-electron chi connectivity index (χ0n) is 14.9. The number of hydrogen-bond donors (Lipinski definition) is 2. The second-order valence-corrected chi connectivity index (χ2v) is 9.78. The predicted molar refractivity (Wildman–Crippen MR) is 105 cm³/mol. The van der Waals surface area contributed by atoms with Crippen LogP contribution < -0.4 is 11.1 Å². The topological polar surface area (TPSA) is 136 Å². The van der Waals surface area contributed by atoms with Gasteiger partial charge in [-0.3, -0.25) is 14.9 Å². The molecule has 11 heteroatoms. The van der Waals surface area contributed by atoms with E-state index in [1.807, 2.05) is 0 Å². The highest BCUT2D eigenvalue weighted by molar-refractivity contribution is 7.91. The number of thiophene rings is 1. The molecule has 9 nitrogen and oxygen atoms in total. The number of sulfonamides is 1. The number of hydrogen-bond acceptors (Lipinski definition) is 7. The molecular weight excluding hydrogens is 404 g/mol. The van der Waals surface area contributed by atoms with Gasteiger partial charge < -0.3 is 11.1 Å². The lowest BCUT2D eigenvalue weighted by Crippen LogP contribution is -2.42. The average Bonchev–Trinajstić information content (AvgIpc) is 3.16. The molecule has 1 aromatic heterocycles. The maximum atomic E-state index is 12.7. The van der Waals surface area contributed by atoms with Crippen molar-refractivity contribution in [3.8, 4) is 0 Å². The van der Waals surface area contributed by atoms with E-state index in [0.29, 0.717) is 36.4 Å². The zero-order valence-corrected chi connectivity index (χ0v) is 16.5. The summed E-state index contributed by atoms with van der Waals surface area (Å²) in [7, 11) is -3.55. The summed E-state index contributed by atoms with van der Waals surface area (Å²) in [6, 6.07) is 8.52. The molecule has 0 spiro atoms. The van der Waals surface area contributed by atoms with Crippen LogP contribution in [0.3, 0.4) is 0 Å². The van der Waals surface area contributed by atoms with Gasteiger partial charge in [0.15, 0.2) is 0 Å². The highest BCUT2D eigenvalue weighted by atomic mass is 32.2. The summed E-state index contributed by atoms with van der Waals surface area (Å²) in [5.74, 6) is -0.391. The first-order valence-corrected chi connectivity index (χ1v) is 10.9. The van der Waals surface area contributed by atoms with Gasteiger partial charge in [-0.2, -0.15) is 4.31 Å². The second kappa shape index (κ2) is 8.35. The first-order chi connectivity index (χ1) is 13.3. The van der Waals surface area contributed by atoms with Crippen LogP contribution in [0.4, 0.5) is 5.69 Å². The number of nitrogens with one attached hydrogen (secondary N) is 1. The van der Waals surface area contributed by atoms with E-state index in [0.717, 1.165) is 11.3 Å². The third kappa shape index (κ3) is 4.55. The summed E-state index contributed by atoms with van der Waals surface area (Å²) in [6.45, 7) is 0.988. The molecule has 3 N–H and O–H groups in total. The fourth-order valence-electron chi connectivity index (χ4n) is 2.84. The number of nitro benzene ring substituents is 1. The van der Waals surface area contributed by atoms with Crippen molar-refractivity contribution in [1.82, 2.24) is 9.62 Å². The Morgan fingerprint density at radius 2 is 1.86 bits per heavy atom. The van der Waals surface area contributed by atoms with Gasteiger partial charge in [-0.1, -0.05) is 0 Å². The average molecular weight is 425 g/mol. The molecule has 1 fully saturated rings. The molecule has 150 valence electrons. The van der Waals surface area contributed by atoms with Gasteiger partial charge in [0.2, 0.25) is 0 Å². The van der Waals surface area contributed by atoms with Crippen molar-refractivity contribution in [2.24, 2.45) is 5.73 Å². The minimum absolute atomic E-state index is 0.0416. The summed E-state index contributed by atoms with van der Waals surface area (Å²) in [5, 5.41) is 13.3. The normalized spacial score (nSPS) is 16.0. The Labute approximate surface area is 166 Å². The van der Waals surface area contributed by atoms with Gasteiger partial charge in [0.05, 0.1) is 11.5 Å². The maximum Gasteiger partial charge on any atom is 0.269 e. The molecule has 0 unspecified atom stereocenters. The Hall–Kier alpha value is -2.34. The Morgan fingerprint density at radius 3 is 2.46 bits per heavy atom. The molecule has 1 aromatic carbocycles. The Kier molecular flexibility index (Phi) is 6.08. The summed E-state index contributed by atoms with van der Waals surface area (Å²) >= 11 is 1.11. The fourth-order valence-corrected chi connectivity index (χ4v) is 5.76. The molecule has 0 atom stereocenters. The van der Waals surface area contributed by atoms with E-state index < -0.39 is 20.9 Å². The molecule has 1 amide bonds. The second-order valence-electron chi connectivity index (χ2n) is 6.45. The van der Waals surface area contributed by atoms with Gasteiger partial charge in [0, 0.05) is 41.7 Å². The first kappa shape index (κ1) is 20.4. The lowest BCUT2D eigenvalue weighted by atomic mass is 10.1. The minimum Gasteiger partial charge on any atom is -0.347 e. The Balaban J connectivity index is 1.61. The van der Waals surface area contributed by atoms with Crippen molar-refractivity contribution in [2.45, 2.75) is 29.6 Å². The number of non-ortho nitro benzene ring substituents is 1. The zero-order chi connectivity index (χ0) is 20.3. The van der Waals surface area contributed by atoms with E-state index in [1.165, 1.54) is 28.6 Å². The maximum absolute atomic E-state index is 12.7. The number of carbonyl (C=O) groups is 1. The molecule has 3 rings (SSSR count). The Bertz CT molecular complexity index is 964. The van der Waals surface area contributed by atoms with E-state index in [4.69, 9.17) is 5.73 Å². The number of piperidine rings is 1. The Morgan fingerprint density at radius 1 is 1.21 bits per heavy atom. The SMILES string of the molecule is NC1CCN(S(=O)(=O)c2ccc(CNC(=O)c3ccc([N+](=O)[O-])cc3)s2)CC1. The van der Waals surface area contributed by atoms with E-state index in [-0.39, 0.29) is 22.5 Å². The quantitative estimate of drug-likeness (QED) is 0.535. The molecule has 1 saturated heterocycles. The largest absolute Gasteiger partial charge is 0.347 e. The molecule has 28 heavy (non-hydrogen) atoms. The van der Waals surface area contributed by atoms with Crippen molar-refractivity contribution in [3.63, 3.8) is 0 Å². The van der Waals surface area contributed by atoms with Gasteiger partial charge in [0.25, 0.3) is 21.6 Å². The van der Waals surface area contributed by atoms with Crippen LogP contribution in [0.2, 0.25) is 0 Å². The molecule has 0 radical (unpaired) electrons. The molecule has 2 heterocycles. The first-order valence-electron chi connectivity index (χ1n) is 8.64. The van der Waals surface area contributed by atoms with E-state index >= 15 is 0 Å². The summed E-state index contributed by atoms with van der Waals surface area (Å²) < 4.78 is 27.1. The monoisotopic (exact) mass is 424 g/mol. The van der Waals surface area contributed by atoms with Crippen LogP contribution >= 0.6 is 11.3 Å². The molecule has 0 saturated carbocycles.